The van der Waals surface area contributed by atoms with Crippen LogP contribution in [0, 0.1) is 18.2 Å². The molecular weight excluding hydrogens is 565 g/mol. The van der Waals surface area contributed by atoms with E-state index in [2.05, 4.69) is 30.9 Å². The van der Waals surface area contributed by atoms with Gasteiger partial charge in [0, 0.05) is 62.1 Å². The first-order valence-corrected chi connectivity index (χ1v) is 16.8. The van der Waals surface area contributed by atoms with E-state index < -0.39 is 10.0 Å². The molecule has 3 aliphatic carbocycles. The van der Waals surface area contributed by atoms with Crippen molar-refractivity contribution in [1.82, 2.24) is 29.7 Å². The van der Waals surface area contributed by atoms with E-state index in [0.29, 0.717) is 37.6 Å². The molecule has 2 saturated heterocycles. The molecule has 2 aromatic rings. The Balaban J connectivity index is 1.03. The number of nitrogens with zero attached hydrogens (tertiary/aromatic N) is 5. The number of carbonyl (C=O) groups is 1. The first-order valence-electron chi connectivity index (χ1n) is 14.0. The summed E-state index contributed by atoms with van der Waals surface area (Å²) < 4.78 is 40.2. The van der Waals surface area contributed by atoms with Gasteiger partial charge in [-0.3, -0.25) is 9.89 Å². The van der Waals surface area contributed by atoms with Crippen molar-refractivity contribution in [2.75, 3.05) is 45.5 Å². The Morgan fingerprint density at radius 1 is 1.22 bits per heavy atom. The maximum Gasteiger partial charge on any atom is 0.320 e. The Labute approximate surface area is 243 Å². The van der Waals surface area contributed by atoms with Crippen LogP contribution in [0.4, 0.5) is 9.18 Å². The van der Waals surface area contributed by atoms with Crippen molar-refractivity contribution >= 4 is 33.2 Å². The second kappa shape index (κ2) is 9.58. The second-order valence-electron chi connectivity index (χ2n) is 12.4. The molecule has 3 saturated carbocycles. The van der Waals surface area contributed by atoms with Gasteiger partial charge in [-0.1, -0.05) is 12.1 Å². The van der Waals surface area contributed by atoms with E-state index in [1.54, 1.807) is 19.2 Å². The van der Waals surface area contributed by atoms with E-state index in [4.69, 9.17) is 4.99 Å². The fraction of sp³-hybridized carbons (Fsp3) is 0.536. The molecule has 3 aliphatic heterocycles. The molecule has 4 heterocycles. The van der Waals surface area contributed by atoms with Crippen molar-refractivity contribution in [3.8, 4) is 0 Å². The molecule has 5 fully saturated rings. The summed E-state index contributed by atoms with van der Waals surface area (Å²) in [5.41, 5.74) is 2.32. The second-order valence-corrected chi connectivity index (χ2v) is 15.1. The number of aliphatic imine (C=N–C) groups is 1. The van der Waals surface area contributed by atoms with Gasteiger partial charge in [-0.15, -0.1) is 11.3 Å². The number of rotatable bonds is 8. The molecule has 218 valence electrons. The van der Waals surface area contributed by atoms with E-state index in [0.717, 1.165) is 48.6 Å². The molecule has 2 atom stereocenters. The van der Waals surface area contributed by atoms with Crippen LogP contribution < -0.4 is 10.0 Å². The van der Waals surface area contributed by atoms with Gasteiger partial charge in [-0.2, -0.15) is 0 Å². The van der Waals surface area contributed by atoms with Gasteiger partial charge in [-0.05, 0) is 54.9 Å². The van der Waals surface area contributed by atoms with Crippen LogP contribution in [0.5, 0.6) is 0 Å². The van der Waals surface area contributed by atoms with Crippen molar-refractivity contribution in [3.05, 3.63) is 63.5 Å². The highest BCUT2D eigenvalue weighted by molar-refractivity contribution is 7.88. The molecule has 1 aromatic carbocycles. The lowest BCUT2D eigenvalue weighted by molar-refractivity contribution is -0.194. The van der Waals surface area contributed by atoms with E-state index in [1.165, 1.54) is 23.7 Å². The summed E-state index contributed by atoms with van der Waals surface area (Å²) in [4.78, 5) is 29.2. The van der Waals surface area contributed by atoms with Crippen molar-refractivity contribution in [3.63, 3.8) is 0 Å². The predicted molar refractivity (Wildman–Crippen MR) is 155 cm³/mol. The fourth-order valence-corrected chi connectivity index (χ4v) is 8.64. The number of thiazole rings is 1. The maximum absolute atomic E-state index is 14.4. The first-order chi connectivity index (χ1) is 19.5. The van der Waals surface area contributed by atoms with Crippen molar-refractivity contribution in [1.29, 1.82) is 0 Å². The Kier molecular flexibility index (Phi) is 6.31. The number of urea groups is 1. The minimum atomic E-state index is -3.21. The van der Waals surface area contributed by atoms with Gasteiger partial charge in [0.25, 0.3) is 0 Å². The predicted octanol–water partition coefficient (Wildman–Crippen LogP) is 2.46. The number of aromatic nitrogens is 1. The molecule has 2 N–H and O–H groups in total. The zero-order valence-corrected chi connectivity index (χ0v) is 24.8. The number of hydrogen-bond acceptors (Lipinski definition) is 8. The molecule has 0 radical (unpaired) electrons. The summed E-state index contributed by atoms with van der Waals surface area (Å²) >= 11 is 1.51. The zero-order chi connectivity index (χ0) is 28.6. The standard InChI is InChI=1S/C28H34FN7O3S2/c1-18-21(4-3-5-22(18)29)23-10-19(32-24(33-23)25-30-6-9-40-25)11-34-7-8-35-20(12-34)13-36(26(35)37)28-14-27(15-28,16-28)17-31-41(2,38)39/h3-6,9-10,20,23,31H,7-8,11-17H2,1-2H3,(H,32,33)/t20-,23-,27?,28?/m0/s1. The third-order valence-corrected chi connectivity index (χ3v) is 10.8. The van der Waals surface area contributed by atoms with Gasteiger partial charge in [0.1, 0.15) is 5.82 Å². The van der Waals surface area contributed by atoms with Crippen LogP contribution in [0.15, 0.2) is 46.5 Å². The third-order valence-electron chi connectivity index (χ3n) is 9.39. The van der Waals surface area contributed by atoms with Gasteiger partial charge < -0.3 is 15.1 Å². The summed E-state index contributed by atoms with van der Waals surface area (Å²) in [7, 11) is -3.21. The number of nitrogens with one attached hydrogen (secondary N) is 2. The lowest BCUT2D eigenvalue weighted by atomic mass is 9.39. The minimum absolute atomic E-state index is 0.00482. The highest BCUT2D eigenvalue weighted by Crippen LogP contribution is 2.70. The number of benzene rings is 1. The number of halogens is 1. The van der Waals surface area contributed by atoms with Gasteiger partial charge >= 0.3 is 6.03 Å². The normalized spacial score (nSPS) is 31.1. The van der Waals surface area contributed by atoms with E-state index >= 15 is 0 Å². The Bertz CT molecular complexity index is 1540. The SMILES string of the molecule is Cc1c(F)cccc1[C@@H]1C=C(CN2CCN3C(=O)N(C45CC(CNS(C)(=O)=O)(C4)C5)C[C@@H]3C2)NC(c2nccs2)=N1. The Morgan fingerprint density at radius 3 is 2.76 bits per heavy atom. The number of amidine groups is 1. The molecule has 8 rings (SSSR count). The number of piperazine rings is 1. The largest absolute Gasteiger partial charge is 0.341 e. The lowest BCUT2D eigenvalue weighted by Gasteiger charge is -2.73. The van der Waals surface area contributed by atoms with Crippen LogP contribution in [0.25, 0.3) is 0 Å². The summed E-state index contributed by atoms with van der Waals surface area (Å²) in [5.74, 6) is 0.449. The number of hydrogen-bond donors (Lipinski definition) is 2. The summed E-state index contributed by atoms with van der Waals surface area (Å²) in [6.45, 7) is 5.82. The number of fused-ring (bicyclic) bond motifs is 1. The van der Waals surface area contributed by atoms with Gasteiger partial charge in [-0.25, -0.2) is 27.3 Å². The Morgan fingerprint density at radius 2 is 2.02 bits per heavy atom. The molecular formula is C28H34FN7O3S2. The van der Waals surface area contributed by atoms with Crippen LogP contribution in [0.2, 0.25) is 0 Å². The minimum Gasteiger partial charge on any atom is -0.341 e. The molecule has 10 nitrogen and oxygen atoms in total. The van der Waals surface area contributed by atoms with Gasteiger partial charge in [0.15, 0.2) is 10.8 Å². The first kappa shape index (κ1) is 27.0. The van der Waals surface area contributed by atoms with Crippen LogP contribution >= 0.6 is 11.3 Å². The van der Waals surface area contributed by atoms with Crippen LogP contribution in [-0.2, 0) is 10.0 Å². The van der Waals surface area contributed by atoms with Crippen LogP contribution in [-0.4, -0.2) is 97.1 Å². The number of amides is 2. The van der Waals surface area contributed by atoms with Crippen molar-refractivity contribution in [2.24, 2.45) is 10.4 Å². The maximum atomic E-state index is 14.4. The molecule has 2 bridgehead atoms. The summed E-state index contributed by atoms with van der Waals surface area (Å²) in [5, 5.41) is 6.18. The smallest absolute Gasteiger partial charge is 0.320 e. The monoisotopic (exact) mass is 599 g/mol. The van der Waals surface area contributed by atoms with E-state index in [-0.39, 0.29) is 34.9 Å². The molecule has 13 heteroatoms. The third kappa shape index (κ3) is 4.76. The average molecular weight is 600 g/mol. The van der Waals surface area contributed by atoms with Crippen LogP contribution in [0.3, 0.4) is 0 Å². The van der Waals surface area contributed by atoms with Gasteiger partial charge in [0.2, 0.25) is 10.0 Å². The van der Waals surface area contributed by atoms with Crippen molar-refractivity contribution < 1.29 is 17.6 Å². The molecule has 41 heavy (non-hydrogen) atoms. The molecule has 6 aliphatic rings. The molecule has 1 aromatic heterocycles. The van der Waals surface area contributed by atoms with E-state index in [9.17, 15) is 17.6 Å². The van der Waals surface area contributed by atoms with Crippen molar-refractivity contribution in [2.45, 2.75) is 43.8 Å². The highest BCUT2D eigenvalue weighted by Gasteiger charge is 2.72. The fourth-order valence-electron chi connectivity index (χ4n) is 7.49. The number of sulfonamides is 1. The van der Waals surface area contributed by atoms with E-state index in [1.807, 2.05) is 16.3 Å². The molecule has 0 unspecified atom stereocenters. The highest BCUT2D eigenvalue weighted by atomic mass is 32.2. The zero-order valence-electron chi connectivity index (χ0n) is 23.1. The summed E-state index contributed by atoms with van der Waals surface area (Å²) in [6, 6.07) is 5.04. The average Bonchev–Trinajstić information content (AvgIpc) is 3.52. The molecule has 0 spiro atoms. The van der Waals surface area contributed by atoms with Crippen LogP contribution in [0.1, 0.15) is 41.4 Å². The molecule has 2 amide bonds. The number of carbonyl (C=O) groups excluding carboxylic acids is 1. The quantitative estimate of drug-likeness (QED) is 0.483. The Hall–Kier alpha value is -2.87. The topological polar surface area (TPSA) is 110 Å². The summed E-state index contributed by atoms with van der Waals surface area (Å²) in [6.07, 6.45) is 7.63. The van der Waals surface area contributed by atoms with Gasteiger partial charge in [0.05, 0.1) is 18.3 Å². The lowest BCUT2D eigenvalue weighted by Crippen LogP contribution is -2.77.